The molecule has 1 aromatic heterocycles. The number of amides is 3. The molecule has 1 aliphatic heterocycles. The molecule has 2 aromatic carbocycles. The minimum absolute atomic E-state index is 0.200. The first kappa shape index (κ1) is 17.6. The summed E-state index contributed by atoms with van der Waals surface area (Å²) < 4.78 is 0. The fraction of sp³-hybridized carbons (Fsp3) is 0.0909. The molecule has 0 spiro atoms. The maximum absolute atomic E-state index is 12.8. The lowest BCUT2D eigenvalue weighted by atomic mass is 10.0. The average molecular weight is 371 g/mol. The standard InChI is InChI=1S/C22H17N3O3/c1-13-9-10-23-19(11-13)25-21(27)16-8-7-15(12-17(16)22(25)28)20(26)24-18-6-4-3-5-14(18)2/h3-12H,1-2H3,(H,24,26). The van der Waals surface area contributed by atoms with Gasteiger partial charge < -0.3 is 5.32 Å². The van der Waals surface area contributed by atoms with Gasteiger partial charge in [0.05, 0.1) is 11.1 Å². The van der Waals surface area contributed by atoms with E-state index in [4.69, 9.17) is 0 Å². The fourth-order valence-corrected chi connectivity index (χ4v) is 3.14. The molecule has 1 aliphatic rings. The summed E-state index contributed by atoms with van der Waals surface area (Å²) >= 11 is 0. The van der Waals surface area contributed by atoms with Crippen molar-refractivity contribution < 1.29 is 14.4 Å². The highest BCUT2D eigenvalue weighted by molar-refractivity contribution is 6.34. The number of hydrogen-bond donors (Lipinski definition) is 1. The zero-order valence-corrected chi connectivity index (χ0v) is 15.4. The SMILES string of the molecule is Cc1ccnc(N2C(=O)c3ccc(C(=O)Nc4ccccc4C)cc3C2=O)c1. The second-order valence-corrected chi connectivity index (χ2v) is 6.67. The Morgan fingerprint density at radius 1 is 0.929 bits per heavy atom. The van der Waals surface area contributed by atoms with Crippen molar-refractivity contribution in [3.8, 4) is 0 Å². The van der Waals surface area contributed by atoms with Gasteiger partial charge >= 0.3 is 0 Å². The van der Waals surface area contributed by atoms with Gasteiger partial charge in [-0.2, -0.15) is 0 Å². The maximum atomic E-state index is 12.8. The second-order valence-electron chi connectivity index (χ2n) is 6.67. The molecule has 0 atom stereocenters. The number of para-hydroxylation sites is 1. The maximum Gasteiger partial charge on any atom is 0.267 e. The minimum Gasteiger partial charge on any atom is -0.322 e. The molecule has 2 heterocycles. The summed E-state index contributed by atoms with van der Waals surface area (Å²) in [5, 5.41) is 2.83. The molecule has 0 aliphatic carbocycles. The highest BCUT2D eigenvalue weighted by Gasteiger charge is 2.38. The number of imide groups is 1. The Morgan fingerprint density at radius 2 is 1.68 bits per heavy atom. The van der Waals surface area contributed by atoms with Gasteiger partial charge in [-0.3, -0.25) is 14.4 Å². The van der Waals surface area contributed by atoms with Crippen LogP contribution < -0.4 is 10.2 Å². The number of nitrogens with zero attached hydrogens (tertiary/aromatic N) is 2. The number of pyridine rings is 1. The van der Waals surface area contributed by atoms with E-state index >= 15 is 0 Å². The number of carbonyl (C=O) groups excluding carboxylic acids is 3. The third-order valence-corrected chi connectivity index (χ3v) is 4.67. The smallest absolute Gasteiger partial charge is 0.267 e. The molecule has 138 valence electrons. The van der Waals surface area contributed by atoms with E-state index in [1.807, 2.05) is 32.0 Å². The average Bonchev–Trinajstić information content (AvgIpc) is 2.93. The Bertz CT molecular complexity index is 1140. The predicted octanol–water partition coefficient (Wildman–Crippen LogP) is 3.75. The molecule has 6 nitrogen and oxygen atoms in total. The van der Waals surface area contributed by atoms with Crippen LogP contribution in [0.2, 0.25) is 0 Å². The van der Waals surface area contributed by atoms with Gasteiger partial charge in [0.1, 0.15) is 5.82 Å². The monoisotopic (exact) mass is 371 g/mol. The van der Waals surface area contributed by atoms with E-state index in [1.54, 1.807) is 30.5 Å². The Hall–Kier alpha value is -3.80. The third-order valence-electron chi connectivity index (χ3n) is 4.67. The molecule has 6 heteroatoms. The van der Waals surface area contributed by atoms with Crippen molar-refractivity contribution in [2.24, 2.45) is 0 Å². The Balaban J connectivity index is 1.65. The number of aromatic nitrogens is 1. The van der Waals surface area contributed by atoms with Gasteiger partial charge in [-0.15, -0.1) is 0 Å². The van der Waals surface area contributed by atoms with Gasteiger partial charge in [-0.1, -0.05) is 18.2 Å². The van der Waals surface area contributed by atoms with Gasteiger partial charge in [-0.05, 0) is 61.4 Å². The van der Waals surface area contributed by atoms with Crippen LogP contribution in [0.15, 0.2) is 60.8 Å². The van der Waals surface area contributed by atoms with E-state index in [0.29, 0.717) is 11.3 Å². The van der Waals surface area contributed by atoms with Crippen LogP contribution in [0.25, 0.3) is 0 Å². The van der Waals surface area contributed by atoms with E-state index < -0.39 is 11.8 Å². The van der Waals surface area contributed by atoms with Gasteiger partial charge in [0.2, 0.25) is 0 Å². The highest BCUT2D eigenvalue weighted by Crippen LogP contribution is 2.28. The summed E-state index contributed by atoms with van der Waals surface area (Å²) in [5.74, 6) is -0.991. The van der Waals surface area contributed by atoms with Gasteiger partial charge in [-0.25, -0.2) is 9.88 Å². The van der Waals surface area contributed by atoms with Crippen LogP contribution in [0, 0.1) is 13.8 Å². The number of carbonyl (C=O) groups is 3. The molecule has 3 amide bonds. The normalized spacial score (nSPS) is 12.9. The number of fused-ring (bicyclic) bond motifs is 1. The van der Waals surface area contributed by atoms with E-state index in [0.717, 1.165) is 16.0 Å². The third kappa shape index (κ3) is 2.95. The summed E-state index contributed by atoms with van der Waals surface area (Å²) in [6.07, 6.45) is 1.55. The number of anilines is 2. The first-order valence-corrected chi connectivity index (χ1v) is 8.78. The molecular weight excluding hydrogens is 354 g/mol. The fourth-order valence-electron chi connectivity index (χ4n) is 3.14. The molecule has 3 aromatic rings. The zero-order valence-electron chi connectivity index (χ0n) is 15.4. The topological polar surface area (TPSA) is 79.4 Å². The molecular formula is C22H17N3O3. The number of benzene rings is 2. The van der Waals surface area contributed by atoms with Crippen molar-refractivity contribution in [3.05, 3.63) is 88.6 Å². The van der Waals surface area contributed by atoms with Crippen molar-refractivity contribution in [2.75, 3.05) is 10.2 Å². The summed E-state index contributed by atoms with van der Waals surface area (Å²) in [4.78, 5) is 43.3. The van der Waals surface area contributed by atoms with Crippen LogP contribution in [0.1, 0.15) is 42.2 Å². The molecule has 0 unspecified atom stereocenters. The number of aryl methyl sites for hydroxylation is 2. The number of nitrogens with one attached hydrogen (secondary N) is 1. The lowest BCUT2D eigenvalue weighted by Crippen LogP contribution is -2.30. The first-order chi connectivity index (χ1) is 13.5. The second kappa shape index (κ2) is 6.74. The van der Waals surface area contributed by atoms with E-state index in [2.05, 4.69) is 10.3 Å². The van der Waals surface area contributed by atoms with E-state index in [9.17, 15) is 14.4 Å². The van der Waals surface area contributed by atoms with E-state index in [1.165, 1.54) is 12.1 Å². The van der Waals surface area contributed by atoms with Crippen LogP contribution in [-0.2, 0) is 0 Å². The molecule has 0 fully saturated rings. The molecule has 28 heavy (non-hydrogen) atoms. The van der Waals surface area contributed by atoms with Crippen molar-refractivity contribution in [3.63, 3.8) is 0 Å². The predicted molar refractivity (Wildman–Crippen MR) is 106 cm³/mol. The Labute approximate surface area is 161 Å². The number of hydrogen-bond acceptors (Lipinski definition) is 4. The van der Waals surface area contributed by atoms with Crippen LogP contribution >= 0.6 is 0 Å². The van der Waals surface area contributed by atoms with Crippen molar-refractivity contribution in [2.45, 2.75) is 13.8 Å². The molecule has 0 saturated heterocycles. The quantitative estimate of drug-likeness (QED) is 0.711. The Morgan fingerprint density at radius 3 is 2.43 bits per heavy atom. The van der Waals surface area contributed by atoms with Crippen molar-refractivity contribution in [1.29, 1.82) is 0 Å². The molecule has 0 saturated carbocycles. The Kier molecular flexibility index (Phi) is 4.24. The van der Waals surface area contributed by atoms with Gasteiger partial charge in [0, 0.05) is 17.4 Å². The van der Waals surface area contributed by atoms with Gasteiger partial charge in [0.15, 0.2) is 0 Å². The summed E-state index contributed by atoms with van der Waals surface area (Å²) in [7, 11) is 0. The number of rotatable bonds is 3. The minimum atomic E-state index is -0.483. The zero-order chi connectivity index (χ0) is 19.8. The van der Waals surface area contributed by atoms with Crippen LogP contribution in [0.4, 0.5) is 11.5 Å². The van der Waals surface area contributed by atoms with Crippen LogP contribution in [-0.4, -0.2) is 22.7 Å². The highest BCUT2D eigenvalue weighted by atomic mass is 16.2. The molecule has 4 rings (SSSR count). The van der Waals surface area contributed by atoms with Crippen molar-refractivity contribution >= 4 is 29.2 Å². The summed E-state index contributed by atoms with van der Waals surface area (Å²) in [5.41, 5.74) is 3.29. The lowest BCUT2D eigenvalue weighted by Gasteiger charge is -2.12. The van der Waals surface area contributed by atoms with E-state index in [-0.39, 0.29) is 22.9 Å². The van der Waals surface area contributed by atoms with Gasteiger partial charge in [0.25, 0.3) is 17.7 Å². The molecule has 1 N–H and O–H groups in total. The first-order valence-electron chi connectivity index (χ1n) is 8.78. The molecule has 0 bridgehead atoms. The summed E-state index contributed by atoms with van der Waals surface area (Å²) in [6.45, 7) is 3.75. The van der Waals surface area contributed by atoms with Crippen LogP contribution in [0.3, 0.4) is 0 Å². The van der Waals surface area contributed by atoms with Crippen LogP contribution in [0.5, 0.6) is 0 Å². The largest absolute Gasteiger partial charge is 0.322 e. The van der Waals surface area contributed by atoms with Crippen molar-refractivity contribution in [1.82, 2.24) is 4.98 Å². The summed E-state index contributed by atoms with van der Waals surface area (Å²) in [6, 6.07) is 15.4. The lowest BCUT2D eigenvalue weighted by molar-refractivity contribution is 0.0924. The molecule has 0 radical (unpaired) electrons.